The number of rotatable bonds is 7. The molecule has 2 aliphatic rings. The molecule has 0 radical (unpaired) electrons. The van der Waals surface area contributed by atoms with E-state index >= 15 is 0 Å². The summed E-state index contributed by atoms with van der Waals surface area (Å²) < 4.78 is 25.8. The van der Waals surface area contributed by atoms with Gasteiger partial charge in [0.1, 0.15) is 0 Å². The number of hydrogen-bond donors (Lipinski definition) is 2. The average molecular weight is 331 g/mol. The highest BCUT2D eigenvalue weighted by atomic mass is 32.2. The number of carbonyl (C=O) groups excluding carboxylic acids is 1. The minimum Gasteiger partial charge on any atom is -0.354 e. The van der Waals surface area contributed by atoms with Crippen LogP contribution in [0.4, 0.5) is 0 Å². The Labute approximate surface area is 134 Å². The number of hydrogen-bond acceptors (Lipinski definition) is 4. The van der Waals surface area contributed by atoms with Crippen LogP contribution in [0.5, 0.6) is 0 Å². The van der Waals surface area contributed by atoms with Crippen molar-refractivity contribution in [3.8, 4) is 0 Å². The highest BCUT2D eigenvalue weighted by Gasteiger charge is 2.30. The quantitative estimate of drug-likeness (QED) is 0.720. The summed E-state index contributed by atoms with van der Waals surface area (Å²) in [5.41, 5.74) is 0. The molecule has 1 amide bonds. The van der Waals surface area contributed by atoms with Gasteiger partial charge in [-0.1, -0.05) is 13.3 Å². The molecule has 2 rings (SSSR count). The van der Waals surface area contributed by atoms with E-state index in [1.54, 1.807) is 4.31 Å². The van der Waals surface area contributed by atoms with Gasteiger partial charge in [0.15, 0.2) is 0 Å². The first-order valence-electron chi connectivity index (χ1n) is 8.52. The monoisotopic (exact) mass is 331 g/mol. The first-order chi connectivity index (χ1) is 10.5. The molecule has 0 aliphatic carbocycles. The van der Waals surface area contributed by atoms with Crippen molar-refractivity contribution in [2.45, 2.75) is 51.5 Å². The van der Waals surface area contributed by atoms with E-state index < -0.39 is 10.0 Å². The van der Waals surface area contributed by atoms with Crippen LogP contribution in [0.15, 0.2) is 0 Å². The molecule has 2 saturated heterocycles. The van der Waals surface area contributed by atoms with Gasteiger partial charge in [0, 0.05) is 31.6 Å². The van der Waals surface area contributed by atoms with E-state index in [1.807, 2.05) is 6.92 Å². The molecule has 0 aromatic rings. The lowest BCUT2D eigenvalue weighted by Gasteiger charge is -2.30. The van der Waals surface area contributed by atoms with Crippen LogP contribution in [0.2, 0.25) is 0 Å². The Bertz CT molecular complexity index is 453. The maximum atomic E-state index is 12.2. The Morgan fingerprint density at radius 2 is 2.00 bits per heavy atom. The number of amides is 1. The number of nitrogens with zero attached hydrogens (tertiary/aromatic N) is 1. The van der Waals surface area contributed by atoms with Crippen molar-refractivity contribution < 1.29 is 13.2 Å². The fourth-order valence-electron chi connectivity index (χ4n) is 3.15. The third-order valence-electron chi connectivity index (χ3n) is 4.66. The predicted molar refractivity (Wildman–Crippen MR) is 87.0 cm³/mol. The van der Waals surface area contributed by atoms with Crippen LogP contribution < -0.4 is 10.6 Å². The maximum Gasteiger partial charge on any atom is 0.223 e. The lowest BCUT2D eigenvalue weighted by atomic mass is 9.97. The fourth-order valence-corrected chi connectivity index (χ4v) is 4.83. The van der Waals surface area contributed by atoms with Crippen LogP contribution in [0.1, 0.15) is 45.4 Å². The molecule has 0 bridgehead atoms. The topological polar surface area (TPSA) is 78.5 Å². The van der Waals surface area contributed by atoms with Gasteiger partial charge < -0.3 is 10.6 Å². The van der Waals surface area contributed by atoms with Gasteiger partial charge in [-0.2, -0.15) is 0 Å². The SMILES string of the molecule is CCCCS(=O)(=O)N1CCC(C(=O)NCC2CCCN2)CC1. The van der Waals surface area contributed by atoms with Gasteiger partial charge in [0.05, 0.1) is 5.75 Å². The summed E-state index contributed by atoms with van der Waals surface area (Å²) in [6.07, 6.45) is 5.15. The van der Waals surface area contributed by atoms with E-state index in [4.69, 9.17) is 0 Å². The molecule has 128 valence electrons. The molecule has 1 unspecified atom stereocenters. The highest BCUT2D eigenvalue weighted by molar-refractivity contribution is 7.89. The zero-order valence-electron chi connectivity index (χ0n) is 13.5. The Balaban J connectivity index is 1.72. The molecule has 0 saturated carbocycles. The van der Waals surface area contributed by atoms with E-state index in [0.29, 0.717) is 44.9 Å². The van der Waals surface area contributed by atoms with Crippen molar-refractivity contribution in [2.24, 2.45) is 5.92 Å². The first kappa shape index (κ1) is 17.7. The largest absolute Gasteiger partial charge is 0.354 e. The third-order valence-corrected chi connectivity index (χ3v) is 6.62. The van der Waals surface area contributed by atoms with Crippen molar-refractivity contribution in [1.82, 2.24) is 14.9 Å². The minimum absolute atomic E-state index is 0.0426. The zero-order chi connectivity index (χ0) is 16.0. The molecule has 2 aliphatic heterocycles. The van der Waals surface area contributed by atoms with E-state index in [-0.39, 0.29) is 17.6 Å². The molecular formula is C15H29N3O3S. The number of carbonyl (C=O) groups is 1. The normalized spacial score (nSPS) is 24.5. The Hall–Kier alpha value is -0.660. The number of piperidine rings is 1. The molecule has 0 spiro atoms. The summed E-state index contributed by atoms with van der Waals surface area (Å²) >= 11 is 0. The fraction of sp³-hybridized carbons (Fsp3) is 0.933. The maximum absolute atomic E-state index is 12.2. The summed E-state index contributed by atoms with van der Waals surface area (Å²) in [4.78, 5) is 12.2. The highest BCUT2D eigenvalue weighted by Crippen LogP contribution is 2.20. The minimum atomic E-state index is -3.13. The van der Waals surface area contributed by atoms with Gasteiger partial charge >= 0.3 is 0 Å². The zero-order valence-corrected chi connectivity index (χ0v) is 14.3. The summed E-state index contributed by atoms with van der Waals surface area (Å²) in [6.45, 7) is 4.67. The lowest BCUT2D eigenvalue weighted by Crippen LogP contribution is -2.45. The van der Waals surface area contributed by atoms with E-state index in [2.05, 4.69) is 10.6 Å². The number of unbranched alkanes of at least 4 members (excludes halogenated alkanes) is 1. The van der Waals surface area contributed by atoms with Crippen molar-refractivity contribution in [3.63, 3.8) is 0 Å². The standard InChI is InChI=1S/C15H29N3O3S/c1-2-3-11-22(20,21)18-9-6-13(7-10-18)15(19)17-12-14-5-4-8-16-14/h13-14,16H,2-12H2,1H3,(H,17,19). The number of sulfonamides is 1. The van der Waals surface area contributed by atoms with E-state index in [1.165, 1.54) is 6.42 Å². The number of nitrogens with one attached hydrogen (secondary N) is 2. The second-order valence-corrected chi connectivity index (χ2v) is 8.47. The van der Waals surface area contributed by atoms with Gasteiger partial charge in [-0.05, 0) is 38.6 Å². The van der Waals surface area contributed by atoms with Crippen LogP contribution in [0, 0.1) is 5.92 Å². The summed E-state index contributed by atoms with van der Waals surface area (Å²) in [7, 11) is -3.13. The first-order valence-corrected chi connectivity index (χ1v) is 10.1. The molecule has 22 heavy (non-hydrogen) atoms. The van der Waals surface area contributed by atoms with Crippen molar-refractivity contribution in [3.05, 3.63) is 0 Å². The smallest absolute Gasteiger partial charge is 0.223 e. The molecule has 7 heteroatoms. The van der Waals surface area contributed by atoms with E-state index in [0.717, 1.165) is 19.4 Å². The van der Waals surface area contributed by atoms with Crippen LogP contribution in [-0.2, 0) is 14.8 Å². The second kappa shape index (κ2) is 8.26. The molecule has 2 N–H and O–H groups in total. The van der Waals surface area contributed by atoms with Gasteiger partial charge in [-0.15, -0.1) is 0 Å². The Kier molecular flexibility index (Phi) is 6.65. The lowest BCUT2D eigenvalue weighted by molar-refractivity contribution is -0.126. The van der Waals surface area contributed by atoms with E-state index in [9.17, 15) is 13.2 Å². The summed E-state index contributed by atoms with van der Waals surface area (Å²) in [5, 5.41) is 6.37. The van der Waals surface area contributed by atoms with Gasteiger partial charge in [-0.3, -0.25) is 4.79 Å². The van der Waals surface area contributed by atoms with Crippen molar-refractivity contribution in [2.75, 3.05) is 31.9 Å². The molecule has 2 fully saturated rings. The van der Waals surface area contributed by atoms with Gasteiger partial charge in [-0.25, -0.2) is 12.7 Å². The Morgan fingerprint density at radius 1 is 1.27 bits per heavy atom. The van der Waals surface area contributed by atoms with Crippen LogP contribution in [-0.4, -0.2) is 56.6 Å². The van der Waals surface area contributed by atoms with Crippen LogP contribution >= 0.6 is 0 Å². The predicted octanol–water partition coefficient (Wildman–Crippen LogP) is 0.697. The molecule has 0 aromatic carbocycles. The summed E-state index contributed by atoms with van der Waals surface area (Å²) in [6, 6.07) is 0.401. The second-order valence-electron chi connectivity index (χ2n) is 6.38. The van der Waals surface area contributed by atoms with Crippen molar-refractivity contribution >= 4 is 15.9 Å². The van der Waals surface area contributed by atoms with Gasteiger partial charge in [0.2, 0.25) is 15.9 Å². The molecule has 0 aromatic heterocycles. The average Bonchev–Trinajstić information content (AvgIpc) is 3.04. The molecule has 1 atom stereocenters. The molecule has 6 nitrogen and oxygen atoms in total. The summed E-state index contributed by atoms with van der Waals surface area (Å²) in [5.74, 6) is 0.270. The van der Waals surface area contributed by atoms with Gasteiger partial charge in [0.25, 0.3) is 0 Å². The van der Waals surface area contributed by atoms with Crippen molar-refractivity contribution in [1.29, 1.82) is 0 Å². The molecule has 2 heterocycles. The molecular weight excluding hydrogens is 302 g/mol. The van der Waals surface area contributed by atoms with Crippen LogP contribution in [0.3, 0.4) is 0 Å². The van der Waals surface area contributed by atoms with Crippen LogP contribution in [0.25, 0.3) is 0 Å². The third kappa shape index (κ3) is 4.93. The Morgan fingerprint density at radius 3 is 2.59 bits per heavy atom.